The molecule has 0 N–H and O–H groups in total. The van der Waals surface area contributed by atoms with E-state index < -0.39 is 44.1 Å². The zero-order valence-electron chi connectivity index (χ0n) is 18.4. The topological polar surface area (TPSA) is 96.7 Å². The third-order valence-corrected chi connectivity index (χ3v) is 8.53. The van der Waals surface area contributed by atoms with Gasteiger partial charge in [0.1, 0.15) is 11.9 Å². The van der Waals surface area contributed by atoms with E-state index in [2.05, 4.69) is 15.9 Å². The minimum Gasteiger partial charge on any atom is -0.486 e. The van der Waals surface area contributed by atoms with Crippen LogP contribution in [0.15, 0.2) is 51.8 Å². The Morgan fingerprint density at radius 3 is 2.63 bits per heavy atom. The summed E-state index contributed by atoms with van der Waals surface area (Å²) in [5.41, 5.74) is -2.09. The summed E-state index contributed by atoms with van der Waals surface area (Å²) in [6.45, 7) is -0.143. The molecule has 1 heterocycles. The number of rotatable bonds is 5. The Hall–Kier alpha value is -2.78. The molecule has 35 heavy (non-hydrogen) atoms. The Labute approximate surface area is 208 Å². The summed E-state index contributed by atoms with van der Waals surface area (Å²) in [5, 5.41) is 9.42. The van der Waals surface area contributed by atoms with Crippen LogP contribution >= 0.6 is 15.9 Å². The summed E-state index contributed by atoms with van der Waals surface area (Å²) in [7, 11) is -3.16. The molecule has 4 rings (SSSR count). The van der Waals surface area contributed by atoms with Crippen molar-refractivity contribution in [1.29, 1.82) is 5.26 Å². The number of hydrogen-bond acceptors (Lipinski definition) is 6. The van der Waals surface area contributed by atoms with Crippen molar-refractivity contribution in [1.82, 2.24) is 0 Å². The first-order valence-corrected chi connectivity index (χ1v) is 12.8. The predicted molar refractivity (Wildman–Crippen MR) is 122 cm³/mol. The van der Waals surface area contributed by atoms with E-state index in [0.717, 1.165) is 22.5 Å². The van der Waals surface area contributed by atoms with E-state index in [1.807, 2.05) is 6.07 Å². The van der Waals surface area contributed by atoms with E-state index >= 15 is 0 Å². The van der Waals surface area contributed by atoms with Crippen molar-refractivity contribution in [3.63, 3.8) is 0 Å². The fourth-order valence-corrected chi connectivity index (χ4v) is 6.45. The van der Waals surface area contributed by atoms with Gasteiger partial charge >= 0.3 is 12.1 Å². The van der Waals surface area contributed by atoms with Crippen LogP contribution < -0.4 is 9.04 Å². The highest BCUT2D eigenvalue weighted by Crippen LogP contribution is 2.49. The highest BCUT2D eigenvalue weighted by molar-refractivity contribution is 9.10. The number of ether oxygens (including phenoxy) is 2. The number of hydrogen-bond donors (Lipinski definition) is 0. The van der Waals surface area contributed by atoms with E-state index in [0.29, 0.717) is 17.0 Å². The number of carbonyl (C=O) groups is 1. The van der Waals surface area contributed by atoms with Gasteiger partial charge in [-0.05, 0) is 61.6 Å². The van der Waals surface area contributed by atoms with Gasteiger partial charge in [-0.25, -0.2) is 8.42 Å². The summed E-state index contributed by atoms with van der Waals surface area (Å²) in [5.74, 6) is -0.433. The molecule has 12 heteroatoms. The number of nitrogens with zero attached hydrogens (tertiary/aromatic N) is 2. The molecule has 2 aromatic rings. The summed E-state index contributed by atoms with van der Waals surface area (Å²) < 4.78 is 79.1. The van der Waals surface area contributed by atoms with Crippen LogP contribution in [0.3, 0.4) is 0 Å². The maximum absolute atomic E-state index is 13.5. The first-order valence-electron chi connectivity index (χ1n) is 10.6. The van der Waals surface area contributed by atoms with E-state index in [1.54, 1.807) is 12.1 Å². The summed E-state index contributed by atoms with van der Waals surface area (Å²) >= 11 is 3.29. The molecule has 0 spiro atoms. The molecule has 1 aliphatic heterocycles. The molecule has 1 aliphatic carbocycles. The number of alkyl halides is 3. The number of sulfonamides is 1. The standard InChI is InChI=1S/C23H20BrF3N2O5S/c1-33-21(30)22(13-28)10-14(11-22)7-17-12-29(19-9-16(24)5-6-20(19)34-17)35(31,32)18-4-2-3-15(8-18)23(25,26)27/h2-6,8-9,14,17H,7,10-12H2,1H3/t14?,17-,22?/m0/s1. The van der Waals surface area contributed by atoms with Crippen LogP contribution in [0.2, 0.25) is 0 Å². The number of benzene rings is 2. The molecule has 0 amide bonds. The Morgan fingerprint density at radius 1 is 1.29 bits per heavy atom. The largest absolute Gasteiger partial charge is 0.486 e. The molecule has 2 aliphatic rings. The van der Waals surface area contributed by atoms with Crippen molar-refractivity contribution in [2.24, 2.45) is 11.3 Å². The monoisotopic (exact) mass is 572 g/mol. The van der Waals surface area contributed by atoms with Gasteiger partial charge in [0.05, 0.1) is 35.9 Å². The zero-order valence-corrected chi connectivity index (χ0v) is 20.8. The van der Waals surface area contributed by atoms with Crippen LogP contribution in [0.1, 0.15) is 24.8 Å². The van der Waals surface area contributed by atoms with Gasteiger partial charge in [-0.3, -0.25) is 9.10 Å². The lowest BCUT2D eigenvalue weighted by molar-refractivity contribution is -0.157. The van der Waals surface area contributed by atoms with Gasteiger partial charge < -0.3 is 9.47 Å². The fraction of sp³-hybridized carbons (Fsp3) is 0.391. The molecule has 2 aromatic carbocycles. The number of esters is 1. The molecule has 0 saturated heterocycles. The van der Waals surface area contributed by atoms with Crippen LogP contribution in [-0.2, 0) is 25.7 Å². The lowest BCUT2D eigenvalue weighted by Gasteiger charge is -2.43. The van der Waals surface area contributed by atoms with Crippen molar-refractivity contribution in [2.45, 2.75) is 36.4 Å². The van der Waals surface area contributed by atoms with Gasteiger partial charge in [0.25, 0.3) is 10.0 Å². The molecule has 1 fully saturated rings. The van der Waals surface area contributed by atoms with Gasteiger partial charge in [-0.2, -0.15) is 18.4 Å². The average Bonchev–Trinajstić information content (AvgIpc) is 2.79. The Morgan fingerprint density at radius 2 is 2.00 bits per heavy atom. The van der Waals surface area contributed by atoms with E-state index in [1.165, 1.54) is 13.2 Å². The number of anilines is 1. The molecular weight excluding hydrogens is 553 g/mol. The fourth-order valence-electron chi connectivity index (χ4n) is 4.56. The lowest BCUT2D eigenvalue weighted by atomic mass is 9.61. The highest BCUT2D eigenvalue weighted by Gasteiger charge is 2.52. The van der Waals surface area contributed by atoms with Crippen molar-refractivity contribution >= 4 is 37.6 Å². The van der Waals surface area contributed by atoms with Crippen molar-refractivity contribution in [2.75, 3.05) is 18.0 Å². The van der Waals surface area contributed by atoms with E-state index in [9.17, 15) is 31.6 Å². The van der Waals surface area contributed by atoms with Crippen molar-refractivity contribution in [3.8, 4) is 11.8 Å². The quantitative estimate of drug-likeness (QED) is 0.472. The maximum Gasteiger partial charge on any atom is 0.416 e. The minimum absolute atomic E-state index is 0.0890. The smallest absolute Gasteiger partial charge is 0.416 e. The minimum atomic E-state index is -4.70. The predicted octanol–water partition coefficient (Wildman–Crippen LogP) is 4.91. The molecular formula is C23H20BrF3N2O5S. The highest BCUT2D eigenvalue weighted by atomic mass is 79.9. The summed E-state index contributed by atoms with van der Waals surface area (Å²) in [6.07, 6.45) is -4.47. The lowest BCUT2D eigenvalue weighted by Crippen LogP contribution is -2.48. The van der Waals surface area contributed by atoms with Gasteiger partial charge in [0, 0.05) is 4.47 Å². The summed E-state index contributed by atoms with van der Waals surface area (Å²) in [4.78, 5) is 11.5. The molecule has 7 nitrogen and oxygen atoms in total. The molecule has 0 unspecified atom stereocenters. The number of carbonyl (C=O) groups excluding carboxylic acids is 1. The number of methoxy groups -OCH3 is 1. The molecule has 1 atom stereocenters. The van der Waals surface area contributed by atoms with Crippen LogP contribution in [-0.4, -0.2) is 34.1 Å². The second-order valence-electron chi connectivity index (χ2n) is 8.61. The number of nitriles is 1. The molecule has 1 saturated carbocycles. The second-order valence-corrected chi connectivity index (χ2v) is 11.4. The van der Waals surface area contributed by atoms with Crippen molar-refractivity contribution < 1.29 is 35.9 Å². The Balaban J connectivity index is 1.63. The van der Waals surface area contributed by atoms with Gasteiger partial charge in [-0.15, -0.1) is 0 Å². The first kappa shape index (κ1) is 25.3. The molecule has 186 valence electrons. The molecule has 0 radical (unpaired) electrons. The van der Waals surface area contributed by atoms with Crippen LogP contribution in [0.25, 0.3) is 0 Å². The second kappa shape index (κ2) is 9.02. The van der Waals surface area contributed by atoms with Gasteiger partial charge in [0.15, 0.2) is 5.41 Å². The van der Waals surface area contributed by atoms with Crippen LogP contribution in [0, 0.1) is 22.7 Å². The first-order chi connectivity index (χ1) is 16.4. The molecule has 0 aromatic heterocycles. The van der Waals surface area contributed by atoms with Gasteiger partial charge in [0.2, 0.25) is 0 Å². The van der Waals surface area contributed by atoms with Crippen LogP contribution in [0.4, 0.5) is 18.9 Å². The zero-order chi connectivity index (χ0) is 25.6. The maximum atomic E-state index is 13.5. The Bertz CT molecular complexity index is 1300. The molecule has 0 bridgehead atoms. The third kappa shape index (κ3) is 4.71. The van der Waals surface area contributed by atoms with Crippen LogP contribution in [0.5, 0.6) is 5.75 Å². The SMILES string of the molecule is COC(=O)C1(C#N)CC(C[C@H]2CN(S(=O)(=O)c3cccc(C(F)(F)F)c3)c3cc(Br)ccc3O2)C1. The summed E-state index contributed by atoms with van der Waals surface area (Å²) in [6, 6.07) is 10.4. The number of fused-ring (bicyclic) bond motifs is 1. The number of halogens is 4. The normalized spacial score (nSPS) is 23.9. The third-order valence-electron chi connectivity index (χ3n) is 6.26. The average molecular weight is 573 g/mol. The van der Waals surface area contributed by atoms with E-state index in [-0.39, 0.29) is 36.7 Å². The Kier molecular flexibility index (Phi) is 6.53. The van der Waals surface area contributed by atoms with E-state index in [4.69, 9.17) is 9.47 Å². The van der Waals surface area contributed by atoms with Gasteiger partial charge in [-0.1, -0.05) is 22.0 Å². The van der Waals surface area contributed by atoms with Crippen molar-refractivity contribution in [3.05, 3.63) is 52.5 Å².